The van der Waals surface area contributed by atoms with Gasteiger partial charge in [-0.05, 0) is 142 Å². The normalized spacial score (nSPS) is 16.4. The number of amides is 1. The molecule has 14 heteroatoms. The second-order valence-corrected chi connectivity index (χ2v) is 21.7. The number of hydrogen-bond donors (Lipinski definition) is 4. The lowest BCUT2D eigenvalue weighted by molar-refractivity contribution is 0.0817. The Morgan fingerprint density at radius 2 is 1.46 bits per heavy atom. The molecular formula is C54H62ClN7O4S2. The average molecular weight is 973 g/mol. The lowest BCUT2D eigenvalue weighted by atomic mass is 9.94. The van der Waals surface area contributed by atoms with Gasteiger partial charge in [0.1, 0.15) is 5.69 Å². The van der Waals surface area contributed by atoms with E-state index in [0.717, 1.165) is 134 Å². The van der Waals surface area contributed by atoms with Gasteiger partial charge in [-0.2, -0.15) is 0 Å². The second kappa shape index (κ2) is 21.1. The largest absolute Gasteiger partial charge is 0.393 e. The third-order valence-electron chi connectivity index (χ3n) is 13.6. The fourth-order valence-corrected chi connectivity index (χ4v) is 11.7. The van der Waals surface area contributed by atoms with Crippen LogP contribution >= 0.6 is 23.4 Å². The number of piperazine rings is 1. The number of nitrogens with zero attached hydrogens (tertiary/aromatic N) is 4. The zero-order valence-corrected chi connectivity index (χ0v) is 41.5. The summed E-state index contributed by atoms with van der Waals surface area (Å²) in [6.07, 6.45) is 4.38. The Morgan fingerprint density at radius 1 is 0.765 bits per heavy atom. The molecule has 2 saturated heterocycles. The molecule has 1 atom stereocenters. The topological polar surface area (TPSA) is 122 Å². The molecule has 3 fully saturated rings. The Labute approximate surface area is 410 Å². The molecule has 1 aliphatic carbocycles. The van der Waals surface area contributed by atoms with E-state index in [-0.39, 0.29) is 29.0 Å². The number of aliphatic hydroxyl groups is 1. The van der Waals surface area contributed by atoms with E-state index in [9.17, 15) is 18.3 Å². The van der Waals surface area contributed by atoms with Crippen LogP contribution in [0.2, 0.25) is 5.02 Å². The van der Waals surface area contributed by atoms with Crippen LogP contribution in [0, 0.1) is 13.8 Å². The van der Waals surface area contributed by atoms with Gasteiger partial charge in [-0.1, -0.05) is 54.1 Å². The van der Waals surface area contributed by atoms with Crippen molar-refractivity contribution < 1.29 is 18.3 Å². The Morgan fingerprint density at radius 3 is 2.13 bits per heavy atom. The van der Waals surface area contributed by atoms with Gasteiger partial charge in [-0.25, -0.2) is 8.42 Å². The molecule has 5 aromatic carbocycles. The number of sulfonamides is 1. The van der Waals surface area contributed by atoms with E-state index in [0.29, 0.717) is 16.4 Å². The van der Waals surface area contributed by atoms with Crippen LogP contribution in [0.4, 0.5) is 22.7 Å². The number of carbonyl (C=O) groups is 1. The van der Waals surface area contributed by atoms with Gasteiger partial charge in [0.2, 0.25) is 0 Å². The summed E-state index contributed by atoms with van der Waals surface area (Å²) >= 11 is 8.12. The van der Waals surface area contributed by atoms with Crippen molar-refractivity contribution in [3.63, 3.8) is 0 Å². The predicted molar refractivity (Wildman–Crippen MR) is 280 cm³/mol. The Balaban J connectivity index is 0.833. The fourth-order valence-electron chi connectivity index (χ4n) is 9.41. The highest BCUT2D eigenvalue weighted by Gasteiger charge is 2.31. The van der Waals surface area contributed by atoms with Gasteiger partial charge in [0.15, 0.2) is 0 Å². The Bertz CT molecular complexity index is 2800. The molecule has 0 radical (unpaired) electrons. The van der Waals surface area contributed by atoms with Crippen molar-refractivity contribution >= 4 is 62.0 Å². The van der Waals surface area contributed by atoms with Gasteiger partial charge in [-0.15, -0.1) is 11.8 Å². The van der Waals surface area contributed by atoms with Crippen molar-refractivity contribution in [1.29, 1.82) is 0 Å². The highest BCUT2D eigenvalue weighted by molar-refractivity contribution is 7.99. The molecule has 2 aliphatic heterocycles. The van der Waals surface area contributed by atoms with E-state index in [1.54, 1.807) is 12.1 Å². The smallest absolute Gasteiger partial charge is 0.268 e. The molecule has 1 saturated carbocycles. The number of hydrogen-bond acceptors (Lipinski definition) is 9. The van der Waals surface area contributed by atoms with Gasteiger partial charge >= 0.3 is 0 Å². The summed E-state index contributed by atoms with van der Waals surface area (Å²) in [4.78, 5) is 22.4. The molecule has 0 bridgehead atoms. The second-order valence-electron chi connectivity index (χ2n) is 18.5. The minimum Gasteiger partial charge on any atom is -0.393 e. The molecule has 11 nitrogen and oxygen atoms in total. The quantitative estimate of drug-likeness (QED) is 0.0662. The van der Waals surface area contributed by atoms with E-state index in [4.69, 9.17) is 11.6 Å². The van der Waals surface area contributed by atoms with Crippen LogP contribution < -0.4 is 25.2 Å². The highest BCUT2D eigenvalue weighted by atomic mass is 35.5. The highest BCUT2D eigenvalue weighted by Crippen LogP contribution is 2.41. The number of rotatable bonds is 17. The maximum Gasteiger partial charge on any atom is 0.268 e. The number of piperidine rings is 1. The summed E-state index contributed by atoms with van der Waals surface area (Å²) in [7, 11) is -1.88. The van der Waals surface area contributed by atoms with Crippen LogP contribution in [0.5, 0.6) is 0 Å². The van der Waals surface area contributed by atoms with E-state index < -0.39 is 10.0 Å². The number of anilines is 4. The van der Waals surface area contributed by atoms with Crippen LogP contribution in [0.25, 0.3) is 22.3 Å². The number of aliphatic hydroxyl groups excluding tert-OH is 1. The summed E-state index contributed by atoms with van der Waals surface area (Å²) < 4.78 is 32.3. The van der Waals surface area contributed by atoms with E-state index in [1.165, 1.54) is 4.90 Å². The molecule has 68 heavy (non-hydrogen) atoms. The van der Waals surface area contributed by atoms with Crippen molar-refractivity contribution in [2.24, 2.45) is 7.05 Å². The first-order valence-corrected chi connectivity index (χ1v) is 26.7. The van der Waals surface area contributed by atoms with Crippen molar-refractivity contribution in [2.75, 3.05) is 71.4 Å². The molecule has 3 aliphatic rings. The van der Waals surface area contributed by atoms with Gasteiger partial charge in [-0.3, -0.25) is 9.52 Å². The van der Waals surface area contributed by atoms with Crippen LogP contribution in [0.15, 0.2) is 131 Å². The van der Waals surface area contributed by atoms with Crippen molar-refractivity contribution in [2.45, 2.75) is 73.9 Å². The molecule has 0 unspecified atom stereocenters. The van der Waals surface area contributed by atoms with Crippen LogP contribution in [0.3, 0.4) is 0 Å². The third-order valence-corrected chi connectivity index (χ3v) is 16.4. The minimum atomic E-state index is -3.85. The third kappa shape index (κ3) is 11.4. The molecule has 6 aromatic rings. The molecular weight excluding hydrogens is 910 g/mol. The summed E-state index contributed by atoms with van der Waals surface area (Å²) in [5.74, 6) is 0.816. The molecule has 1 aromatic heterocycles. The molecule has 3 heterocycles. The van der Waals surface area contributed by atoms with Crippen LogP contribution in [-0.4, -0.2) is 98.7 Å². The molecule has 1 amide bonds. The van der Waals surface area contributed by atoms with E-state index in [1.807, 2.05) is 91.0 Å². The maximum atomic E-state index is 13.8. The van der Waals surface area contributed by atoms with Crippen molar-refractivity contribution in [3.8, 4) is 22.3 Å². The predicted octanol–water partition coefficient (Wildman–Crippen LogP) is 10.1. The molecule has 356 valence electrons. The average Bonchev–Trinajstić information content (AvgIpc) is 4.13. The van der Waals surface area contributed by atoms with Gasteiger partial charge in [0.05, 0.1) is 11.0 Å². The summed E-state index contributed by atoms with van der Waals surface area (Å²) in [5, 5.41) is 17.6. The molecule has 9 rings (SSSR count). The number of thioether (sulfide) groups is 1. The van der Waals surface area contributed by atoms with Gasteiger partial charge < -0.3 is 35.0 Å². The van der Waals surface area contributed by atoms with E-state index >= 15 is 0 Å². The molecule has 4 N–H and O–H groups in total. The Kier molecular flexibility index (Phi) is 14.7. The number of benzene rings is 5. The number of carbonyl (C=O) groups excluding carboxylic acids is 1. The first-order chi connectivity index (χ1) is 32.9. The lowest BCUT2D eigenvalue weighted by Crippen LogP contribution is -2.46. The van der Waals surface area contributed by atoms with Crippen LogP contribution in [-0.2, 0) is 17.1 Å². The van der Waals surface area contributed by atoms with Gasteiger partial charge in [0.25, 0.3) is 15.9 Å². The van der Waals surface area contributed by atoms with Crippen molar-refractivity contribution in [3.05, 3.63) is 143 Å². The van der Waals surface area contributed by atoms with Crippen LogP contribution in [0.1, 0.15) is 53.8 Å². The summed E-state index contributed by atoms with van der Waals surface area (Å²) in [5.41, 5.74) is 10.0. The standard InChI is InChI=1S/C54H62ClN7O4S2/c1-37-34-49(22-23-50(37)56-44(36-67-48-10-5-4-6-11-48)24-27-60-28-25-47(63)26-29-60)68(65,66)58-43-18-20-45(21-19-43)61-30-32-62(33-31-61)46-9-7-8-40(35-46)52-51(39-12-14-41(55)15-13-39)38(2)59(3)53(52)54(64)57-42-16-17-42/h4-15,18-23,34-35,42,44,47,56,58,63H,16-17,24-33,36H2,1-3H3,(H,57,64)/t44-/m1/s1. The first kappa shape index (κ1) is 47.6. The number of halogens is 1. The summed E-state index contributed by atoms with van der Waals surface area (Å²) in [6, 6.07) is 40.1. The number of likely N-dealkylation sites (tertiary alicyclic amines) is 1. The number of aromatic nitrogens is 1. The van der Waals surface area contributed by atoms with E-state index in [2.05, 4.69) is 85.5 Å². The van der Waals surface area contributed by atoms with Crippen molar-refractivity contribution in [1.82, 2.24) is 14.8 Å². The maximum absolute atomic E-state index is 13.8. The summed E-state index contributed by atoms with van der Waals surface area (Å²) in [6.45, 7) is 9.94. The number of nitrogens with one attached hydrogen (secondary N) is 3. The Hall–Kier alpha value is -5.44. The SMILES string of the molecule is Cc1cc(S(=O)(=O)Nc2ccc(N3CCN(c4cccc(-c5c(-c6ccc(Cl)cc6)c(C)n(C)c5C(=O)NC5CC5)c4)CC3)cc2)ccc1N[C@H](CCN1CCC(O)CC1)CSc1ccccc1. The lowest BCUT2D eigenvalue weighted by Gasteiger charge is -2.37. The minimum absolute atomic E-state index is 0.0515. The zero-order valence-electron chi connectivity index (χ0n) is 39.1. The van der Waals surface area contributed by atoms with Gasteiger partial charge in [0, 0.05) is 120 Å². The monoisotopic (exact) mass is 971 g/mol. The number of aryl methyl sites for hydroxylation is 1. The first-order valence-electron chi connectivity index (χ1n) is 23.8. The zero-order chi connectivity index (χ0) is 47.4. The molecule has 0 spiro atoms. The fraction of sp³-hybridized carbons (Fsp3) is 0.352.